The summed E-state index contributed by atoms with van der Waals surface area (Å²) < 4.78 is 3.55. The van der Waals surface area contributed by atoms with Crippen molar-refractivity contribution in [3.8, 4) is 0 Å². The summed E-state index contributed by atoms with van der Waals surface area (Å²) in [5, 5.41) is 0. The van der Waals surface area contributed by atoms with E-state index in [-0.39, 0.29) is 30.0 Å². The third-order valence-electron chi connectivity index (χ3n) is 3.33. The lowest BCUT2D eigenvalue weighted by molar-refractivity contribution is -0.670. The molecule has 4 nitrogen and oxygen atoms in total. The number of nitrogens with zero attached hydrogens (tertiary/aromatic N) is 3. The fraction of sp³-hybridized carbons (Fsp3) is 0.667. The molecule has 2 unspecified atom stereocenters. The van der Waals surface area contributed by atoms with E-state index in [1.807, 2.05) is 35.2 Å². The lowest BCUT2D eigenvalue weighted by atomic mass is 10.1. The van der Waals surface area contributed by atoms with Crippen LogP contribution in [0.15, 0.2) is 18.7 Å². The Bertz CT molecular complexity index is 391. The molecular formula is C12H20IN3O. The standard InChI is InChI=1S/C12H20N3O.HI/c1-4-11-7-10(2)8-15(11)12(16)14-6-5-13(3)9-14;/h5-6,9-11H,4,7-8H2,1-3H3;1H/q+1;/p-1. The largest absolute Gasteiger partial charge is 1.00 e. The molecule has 2 rings (SSSR count). The first kappa shape index (κ1) is 14.5. The summed E-state index contributed by atoms with van der Waals surface area (Å²) in [7, 11) is 1.92. The third-order valence-corrected chi connectivity index (χ3v) is 3.33. The highest BCUT2D eigenvalue weighted by molar-refractivity contribution is 5.77. The Kier molecular flexibility index (Phi) is 4.97. The van der Waals surface area contributed by atoms with Crippen LogP contribution < -0.4 is 28.5 Å². The molecule has 0 aliphatic carbocycles. The van der Waals surface area contributed by atoms with Gasteiger partial charge >= 0.3 is 6.03 Å². The van der Waals surface area contributed by atoms with Gasteiger partial charge in [0.1, 0.15) is 12.4 Å². The SMILES string of the molecule is CCC1CC(C)CN1C(=O)n1cc[n+](C)c1.[I-]. The molecule has 0 bridgehead atoms. The van der Waals surface area contributed by atoms with Crippen LogP contribution in [0, 0.1) is 5.92 Å². The number of aryl methyl sites for hydroxylation is 1. The Morgan fingerprint density at radius 2 is 2.24 bits per heavy atom. The Balaban J connectivity index is 0.00000144. The predicted octanol–water partition coefficient (Wildman–Crippen LogP) is -1.59. The molecule has 1 aliphatic rings. The number of halogens is 1. The average molecular weight is 349 g/mol. The van der Waals surface area contributed by atoms with Gasteiger partial charge in [-0.25, -0.2) is 9.36 Å². The number of likely N-dealkylation sites (tertiary alicyclic amines) is 1. The summed E-state index contributed by atoms with van der Waals surface area (Å²) in [5.74, 6) is 0.623. The lowest BCUT2D eigenvalue weighted by Crippen LogP contribution is -3.00. The van der Waals surface area contributed by atoms with Gasteiger partial charge < -0.3 is 28.9 Å². The molecule has 1 amide bonds. The molecule has 17 heavy (non-hydrogen) atoms. The summed E-state index contributed by atoms with van der Waals surface area (Å²) in [6, 6.07) is 0.520. The number of aromatic nitrogens is 2. The van der Waals surface area contributed by atoms with Crippen molar-refractivity contribution < 1.29 is 33.3 Å². The Morgan fingerprint density at radius 1 is 1.53 bits per heavy atom. The molecule has 1 aromatic heterocycles. The van der Waals surface area contributed by atoms with Crippen LogP contribution in [0.3, 0.4) is 0 Å². The lowest BCUT2D eigenvalue weighted by Gasteiger charge is -2.20. The summed E-state index contributed by atoms with van der Waals surface area (Å²) in [6.45, 7) is 5.25. The number of amides is 1. The Morgan fingerprint density at radius 3 is 2.76 bits per heavy atom. The normalized spacial score (nSPS) is 23.6. The molecule has 1 aliphatic heterocycles. The van der Waals surface area contributed by atoms with Crippen LogP contribution in [0.1, 0.15) is 26.7 Å². The second-order valence-corrected chi connectivity index (χ2v) is 4.82. The molecule has 96 valence electrons. The van der Waals surface area contributed by atoms with Gasteiger partial charge in [-0.1, -0.05) is 13.8 Å². The Labute approximate surface area is 120 Å². The van der Waals surface area contributed by atoms with Crippen molar-refractivity contribution in [2.75, 3.05) is 6.54 Å². The van der Waals surface area contributed by atoms with E-state index in [9.17, 15) is 4.79 Å². The van der Waals surface area contributed by atoms with Gasteiger partial charge in [-0.3, -0.25) is 0 Å². The molecule has 1 fully saturated rings. The van der Waals surface area contributed by atoms with Crippen molar-refractivity contribution in [3.63, 3.8) is 0 Å². The van der Waals surface area contributed by atoms with Crippen LogP contribution in [0.25, 0.3) is 0 Å². The van der Waals surface area contributed by atoms with Gasteiger partial charge in [-0.15, -0.1) is 0 Å². The smallest absolute Gasteiger partial charge is 0.416 e. The zero-order chi connectivity index (χ0) is 11.7. The van der Waals surface area contributed by atoms with E-state index in [2.05, 4.69) is 13.8 Å². The highest BCUT2D eigenvalue weighted by atomic mass is 127. The second kappa shape index (κ2) is 5.84. The zero-order valence-electron chi connectivity index (χ0n) is 10.6. The average Bonchev–Trinajstić information content (AvgIpc) is 2.83. The van der Waals surface area contributed by atoms with E-state index in [0.717, 1.165) is 19.4 Å². The first-order valence-electron chi connectivity index (χ1n) is 5.96. The molecule has 0 spiro atoms. The minimum absolute atomic E-state index is 0. The molecule has 2 heterocycles. The molecule has 0 N–H and O–H groups in total. The van der Waals surface area contributed by atoms with E-state index < -0.39 is 0 Å². The fourth-order valence-corrected chi connectivity index (χ4v) is 2.48. The van der Waals surface area contributed by atoms with E-state index in [1.54, 1.807) is 4.57 Å². The predicted molar refractivity (Wildman–Crippen MR) is 61.0 cm³/mol. The molecule has 0 saturated carbocycles. The monoisotopic (exact) mass is 349 g/mol. The molecular weight excluding hydrogens is 329 g/mol. The van der Waals surface area contributed by atoms with Crippen molar-refractivity contribution >= 4 is 6.03 Å². The molecule has 0 radical (unpaired) electrons. The fourth-order valence-electron chi connectivity index (χ4n) is 2.48. The van der Waals surface area contributed by atoms with Gasteiger partial charge in [0.25, 0.3) is 6.33 Å². The van der Waals surface area contributed by atoms with Gasteiger partial charge in [0.05, 0.1) is 7.05 Å². The van der Waals surface area contributed by atoms with E-state index in [1.165, 1.54) is 0 Å². The number of hydrogen-bond acceptors (Lipinski definition) is 1. The minimum atomic E-state index is 0. The number of carbonyl (C=O) groups is 1. The van der Waals surface area contributed by atoms with Crippen LogP contribution in [0.2, 0.25) is 0 Å². The van der Waals surface area contributed by atoms with E-state index in [4.69, 9.17) is 0 Å². The van der Waals surface area contributed by atoms with Crippen LogP contribution in [0.4, 0.5) is 4.79 Å². The van der Waals surface area contributed by atoms with Gasteiger partial charge in [0.15, 0.2) is 0 Å². The summed E-state index contributed by atoms with van der Waals surface area (Å²) in [6.07, 6.45) is 7.70. The molecule has 0 aromatic carbocycles. The first-order valence-corrected chi connectivity index (χ1v) is 5.96. The van der Waals surface area contributed by atoms with Crippen molar-refractivity contribution in [2.45, 2.75) is 32.7 Å². The quantitative estimate of drug-likeness (QED) is 0.444. The van der Waals surface area contributed by atoms with Crippen molar-refractivity contribution in [1.82, 2.24) is 9.47 Å². The third kappa shape index (κ3) is 3.00. The number of carbonyl (C=O) groups excluding carboxylic acids is 1. The van der Waals surface area contributed by atoms with Crippen LogP contribution in [0.5, 0.6) is 0 Å². The van der Waals surface area contributed by atoms with Crippen molar-refractivity contribution in [3.05, 3.63) is 18.7 Å². The maximum atomic E-state index is 12.3. The summed E-state index contributed by atoms with van der Waals surface area (Å²) in [4.78, 5) is 14.3. The van der Waals surface area contributed by atoms with Gasteiger partial charge in [0, 0.05) is 12.6 Å². The molecule has 1 saturated heterocycles. The van der Waals surface area contributed by atoms with Gasteiger partial charge in [-0.2, -0.15) is 4.57 Å². The topological polar surface area (TPSA) is 29.1 Å². The van der Waals surface area contributed by atoms with Crippen molar-refractivity contribution in [2.24, 2.45) is 13.0 Å². The summed E-state index contributed by atoms with van der Waals surface area (Å²) in [5.41, 5.74) is 0. The second-order valence-electron chi connectivity index (χ2n) is 4.82. The van der Waals surface area contributed by atoms with Crippen LogP contribution in [-0.4, -0.2) is 28.1 Å². The minimum Gasteiger partial charge on any atom is -1.00 e. The van der Waals surface area contributed by atoms with E-state index >= 15 is 0 Å². The van der Waals surface area contributed by atoms with E-state index in [0.29, 0.717) is 12.0 Å². The Hall–Kier alpha value is -0.590. The molecule has 5 heteroatoms. The van der Waals surface area contributed by atoms with Crippen LogP contribution in [-0.2, 0) is 7.05 Å². The molecule has 1 aromatic rings. The number of imidazole rings is 1. The van der Waals surface area contributed by atoms with Crippen molar-refractivity contribution in [1.29, 1.82) is 0 Å². The van der Waals surface area contributed by atoms with Gasteiger partial charge in [0.2, 0.25) is 0 Å². The first-order chi connectivity index (χ1) is 7.61. The highest BCUT2D eigenvalue weighted by Crippen LogP contribution is 2.25. The van der Waals surface area contributed by atoms with Crippen LogP contribution >= 0.6 is 0 Å². The number of hydrogen-bond donors (Lipinski definition) is 0. The highest BCUT2D eigenvalue weighted by Gasteiger charge is 2.34. The summed E-state index contributed by atoms with van der Waals surface area (Å²) >= 11 is 0. The van der Waals surface area contributed by atoms with Gasteiger partial charge in [-0.05, 0) is 18.8 Å². The maximum Gasteiger partial charge on any atom is 0.416 e. The molecule has 2 atom stereocenters. The maximum absolute atomic E-state index is 12.3. The number of rotatable bonds is 1. The zero-order valence-corrected chi connectivity index (χ0v) is 12.8.